The lowest BCUT2D eigenvalue weighted by Gasteiger charge is -2.16. The highest BCUT2D eigenvalue weighted by atomic mass is 19.1. The summed E-state index contributed by atoms with van der Waals surface area (Å²) in [6, 6.07) is 19.3. The van der Waals surface area contributed by atoms with Crippen molar-refractivity contribution >= 4 is 6.21 Å². The first kappa shape index (κ1) is 23.6. The number of benzene rings is 3. The fourth-order valence-corrected chi connectivity index (χ4v) is 3.19. The normalized spacial score (nSPS) is 10.6. The molecule has 0 atom stereocenters. The Balaban J connectivity index is 1.77. The van der Waals surface area contributed by atoms with Gasteiger partial charge in [-0.25, -0.2) is 4.39 Å². The molecule has 0 aliphatic rings. The Bertz CT molecular complexity index is 1150. The van der Waals surface area contributed by atoms with E-state index < -0.39 is 0 Å². The molecule has 168 valence electrons. The van der Waals surface area contributed by atoms with E-state index in [4.69, 9.17) is 14.3 Å². The standard InChI is InChI=1S/C27H25FN2O3/c1-3-7-22-14-21(17-30-33-19-24-9-6-5-8-23(24)16-29)15-26(31-4-2)27(22)32-18-20-10-12-25(28)13-11-20/h3,5-6,8-15,17H,1,4,7,18-19H2,2H3/b30-17-. The summed E-state index contributed by atoms with van der Waals surface area (Å²) in [6.45, 7) is 6.66. The number of hydrogen-bond acceptors (Lipinski definition) is 5. The summed E-state index contributed by atoms with van der Waals surface area (Å²) in [5.74, 6) is 0.903. The van der Waals surface area contributed by atoms with Crippen molar-refractivity contribution in [2.24, 2.45) is 5.16 Å². The number of rotatable bonds is 11. The van der Waals surface area contributed by atoms with Gasteiger partial charge in [0.15, 0.2) is 11.5 Å². The third-order valence-corrected chi connectivity index (χ3v) is 4.75. The summed E-state index contributed by atoms with van der Waals surface area (Å²) >= 11 is 0. The Morgan fingerprint density at radius 2 is 1.82 bits per heavy atom. The Morgan fingerprint density at radius 1 is 1.03 bits per heavy atom. The van der Waals surface area contributed by atoms with Gasteiger partial charge in [0.2, 0.25) is 0 Å². The zero-order valence-corrected chi connectivity index (χ0v) is 18.5. The molecule has 0 aliphatic heterocycles. The number of oxime groups is 1. The van der Waals surface area contributed by atoms with E-state index >= 15 is 0 Å². The van der Waals surface area contributed by atoms with Gasteiger partial charge in [0.1, 0.15) is 19.0 Å². The van der Waals surface area contributed by atoms with Crippen LogP contribution < -0.4 is 9.47 Å². The largest absolute Gasteiger partial charge is 0.490 e. The predicted molar refractivity (Wildman–Crippen MR) is 126 cm³/mol. The first-order valence-corrected chi connectivity index (χ1v) is 10.6. The van der Waals surface area contributed by atoms with E-state index in [1.807, 2.05) is 31.2 Å². The van der Waals surface area contributed by atoms with E-state index in [1.165, 1.54) is 12.1 Å². The maximum atomic E-state index is 13.2. The monoisotopic (exact) mass is 444 g/mol. The molecule has 0 spiro atoms. The average Bonchev–Trinajstić information content (AvgIpc) is 2.83. The summed E-state index contributed by atoms with van der Waals surface area (Å²) in [6.07, 6.45) is 3.94. The molecule has 0 aromatic heterocycles. The van der Waals surface area contributed by atoms with Gasteiger partial charge in [-0.1, -0.05) is 41.6 Å². The van der Waals surface area contributed by atoms with Gasteiger partial charge in [-0.2, -0.15) is 5.26 Å². The Kier molecular flexibility index (Phi) is 8.61. The molecule has 3 aromatic carbocycles. The van der Waals surface area contributed by atoms with Crippen LogP contribution in [0.4, 0.5) is 4.39 Å². The van der Waals surface area contributed by atoms with Crippen molar-refractivity contribution in [3.05, 3.63) is 107 Å². The molecule has 0 fully saturated rings. The summed E-state index contributed by atoms with van der Waals surface area (Å²) in [5, 5.41) is 13.2. The Labute approximate surface area is 193 Å². The Morgan fingerprint density at radius 3 is 2.55 bits per heavy atom. The van der Waals surface area contributed by atoms with E-state index in [1.54, 1.807) is 36.6 Å². The molecular formula is C27H25FN2O3. The molecule has 0 saturated carbocycles. The fourth-order valence-electron chi connectivity index (χ4n) is 3.19. The molecule has 0 saturated heterocycles. The van der Waals surface area contributed by atoms with Gasteiger partial charge < -0.3 is 14.3 Å². The van der Waals surface area contributed by atoms with Crippen LogP contribution >= 0.6 is 0 Å². The second kappa shape index (κ2) is 12.1. The molecule has 33 heavy (non-hydrogen) atoms. The smallest absolute Gasteiger partial charge is 0.165 e. The molecule has 5 nitrogen and oxygen atoms in total. The van der Waals surface area contributed by atoms with Gasteiger partial charge in [0.05, 0.1) is 24.5 Å². The predicted octanol–water partition coefficient (Wildman–Crippen LogP) is 5.95. The van der Waals surface area contributed by atoms with E-state index in [9.17, 15) is 9.65 Å². The Hall–Kier alpha value is -4.11. The molecule has 0 N–H and O–H groups in total. The third kappa shape index (κ3) is 6.68. The lowest BCUT2D eigenvalue weighted by atomic mass is 10.1. The van der Waals surface area contributed by atoms with Crippen molar-refractivity contribution in [2.75, 3.05) is 6.61 Å². The van der Waals surface area contributed by atoms with Crippen molar-refractivity contribution in [3.8, 4) is 17.6 Å². The molecular weight excluding hydrogens is 419 g/mol. The maximum Gasteiger partial charge on any atom is 0.165 e. The highest BCUT2D eigenvalue weighted by Crippen LogP contribution is 2.34. The van der Waals surface area contributed by atoms with Crippen LogP contribution in [0.15, 0.2) is 78.5 Å². The summed E-state index contributed by atoms with van der Waals surface area (Å²) in [7, 11) is 0. The highest BCUT2D eigenvalue weighted by Gasteiger charge is 2.13. The van der Waals surface area contributed by atoms with Crippen LogP contribution in [-0.4, -0.2) is 12.8 Å². The van der Waals surface area contributed by atoms with Gasteiger partial charge in [0.25, 0.3) is 0 Å². The van der Waals surface area contributed by atoms with Gasteiger partial charge in [-0.15, -0.1) is 6.58 Å². The highest BCUT2D eigenvalue weighted by molar-refractivity contribution is 5.81. The third-order valence-electron chi connectivity index (χ3n) is 4.75. The quantitative estimate of drug-likeness (QED) is 0.208. The number of halogens is 1. The summed E-state index contributed by atoms with van der Waals surface area (Å²) in [5.41, 5.74) is 3.83. The minimum atomic E-state index is -0.289. The molecule has 0 radical (unpaired) electrons. The zero-order chi connectivity index (χ0) is 23.5. The number of nitrogens with zero attached hydrogens (tertiary/aromatic N) is 2. The molecule has 6 heteroatoms. The molecule has 0 aliphatic carbocycles. The molecule has 0 heterocycles. The van der Waals surface area contributed by atoms with Crippen LogP contribution in [0.2, 0.25) is 0 Å². The SMILES string of the molecule is C=CCc1cc(/C=N\OCc2ccccc2C#N)cc(OCC)c1OCc1ccc(F)cc1. The topological polar surface area (TPSA) is 63.8 Å². The molecule has 3 aromatic rings. The van der Waals surface area contributed by atoms with E-state index in [0.29, 0.717) is 30.1 Å². The van der Waals surface area contributed by atoms with Gasteiger partial charge in [-0.3, -0.25) is 0 Å². The lowest BCUT2D eigenvalue weighted by molar-refractivity contribution is 0.132. The molecule has 0 bridgehead atoms. The van der Waals surface area contributed by atoms with Crippen molar-refractivity contribution in [3.63, 3.8) is 0 Å². The van der Waals surface area contributed by atoms with Crippen LogP contribution in [0.1, 0.15) is 34.7 Å². The van der Waals surface area contributed by atoms with Crippen molar-refractivity contribution in [1.82, 2.24) is 0 Å². The summed E-state index contributed by atoms with van der Waals surface area (Å²) < 4.78 is 25.1. The number of ether oxygens (including phenoxy) is 2. The second-order valence-corrected chi connectivity index (χ2v) is 7.13. The van der Waals surface area contributed by atoms with Crippen LogP contribution in [0.3, 0.4) is 0 Å². The van der Waals surface area contributed by atoms with Crippen molar-refractivity contribution in [2.45, 2.75) is 26.6 Å². The number of hydrogen-bond donors (Lipinski definition) is 0. The van der Waals surface area contributed by atoms with Gasteiger partial charge in [0, 0.05) is 16.7 Å². The second-order valence-electron chi connectivity index (χ2n) is 7.13. The van der Waals surface area contributed by atoms with Gasteiger partial charge in [-0.05, 0) is 49.2 Å². The van der Waals surface area contributed by atoms with Gasteiger partial charge >= 0.3 is 0 Å². The van der Waals surface area contributed by atoms with Crippen LogP contribution in [-0.2, 0) is 24.5 Å². The molecule has 3 rings (SSSR count). The molecule has 0 amide bonds. The van der Waals surface area contributed by atoms with Crippen LogP contribution in [0, 0.1) is 17.1 Å². The molecule has 0 unspecified atom stereocenters. The number of allylic oxidation sites excluding steroid dienone is 1. The first-order chi connectivity index (χ1) is 16.1. The van der Waals surface area contributed by atoms with Crippen LogP contribution in [0.25, 0.3) is 0 Å². The fraction of sp³-hybridized carbons (Fsp3) is 0.185. The van der Waals surface area contributed by atoms with Crippen LogP contribution in [0.5, 0.6) is 11.5 Å². The summed E-state index contributed by atoms with van der Waals surface area (Å²) in [4.78, 5) is 5.41. The van der Waals surface area contributed by atoms with Crippen molar-refractivity contribution in [1.29, 1.82) is 5.26 Å². The first-order valence-electron chi connectivity index (χ1n) is 10.6. The van der Waals surface area contributed by atoms with E-state index in [2.05, 4.69) is 17.8 Å². The maximum absolute atomic E-state index is 13.2. The lowest BCUT2D eigenvalue weighted by Crippen LogP contribution is -2.04. The van der Waals surface area contributed by atoms with Crippen molar-refractivity contribution < 1.29 is 18.7 Å². The van der Waals surface area contributed by atoms with E-state index in [-0.39, 0.29) is 19.0 Å². The van der Waals surface area contributed by atoms with E-state index in [0.717, 1.165) is 22.3 Å². The minimum absolute atomic E-state index is 0.191. The average molecular weight is 445 g/mol. The number of nitriles is 1. The minimum Gasteiger partial charge on any atom is -0.490 e. The zero-order valence-electron chi connectivity index (χ0n) is 18.5.